The van der Waals surface area contributed by atoms with Crippen molar-refractivity contribution < 1.29 is 13.2 Å². The Morgan fingerprint density at radius 2 is 1.73 bits per heavy atom. The summed E-state index contributed by atoms with van der Waals surface area (Å²) < 4.78 is 28.3. The Bertz CT molecular complexity index is 1360. The molecule has 0 aromatic heterocycles. The quantitative estimate of drug-likeness (QED) is 0.597. The number of hydrogen-bond acceptors (Lipinski definition) is 5. The summed E-state index contributed by atoms with van der Waals surface area (Å²) in [5.74, 6) is 0.164. The molecule has 0 fully saturated rings. The van der Waals surface area contributed by atoms with Crippen LogP contribution in [0.1, 0.15) is 40.4 Å². The van der Waals surface area contributed by atoms with Crippen molar-refractivity contribution in [2.24, 2.45) is 4.40 Å². The zero-order valence-electron chi connectivity index (χ0n) is 18.0. The number of carbonyl (C=O) groups excluding carboxylic acids is 1. The lowest BCUT2D eigenvalue weighted by Crippen LogP contribution is -2.31. The maximum Gasteiger partial charge on any atom is 0.285 e. The van der Waals surface area contributed by atoms with E-state index in [1.165, 1.54) is 6.07 Å². The molecule has 33 heavy (non-hydrogen) atoms. The van der Waals surface area contributed by atoms with E-state index in [0.717, 1.165) is 12.0 Å². The second kappa shape index (κ2) is 9.27. The van der Waals surface area contributed by atoms with Crippen molar-refractivity contribution in [2.75, 3.05) is 11.9 Å². The summed E-state index contributed by atoms with van der Waals surface area (Å²) in [5.41, 5.74) is 3.22. The minimum absolute atomic E-state index is 0.0982. The molecule has 0 saturated heterocycles. The number of nitriles is 1. The average Bonchev–Trinajstić information content (AvgIpc) is 3.09. The molecular weight excluding hydrogens is 436 g/mol. The van der Waals surface area contributed by atoms with Gasteiger partial charge < -0.3 is 10.2 Å². The van der Waals surface area contributed by atoms with Crippen molar-refractivity contribution in [2.45, 2.75) is 24.8 Å². The molecule has 1 aliphatic heterocycles. The standard InChI is InChI=1S/C25H22N4O3S/c1-2-15-29(17-19-9-7-18(16-26)8-10-19)25(30)20-11-13-21(14-12-20)27-24-22-5-3-4-6-23(22)33(31,32)28-24/h3-14H,2,15,17H2,1H3,(H,27,28). The van der Waals surface area contributed by atoms with Crippen LogP contribution in [0, 0.1) is 11.3 Å². The van der Waals surface area contributed by atoms with Gasteiger partial charge in [-0.15, -0.1) is 4.40 Å². The Kier molecular flexibility index (Phi) is 6.24. The van der Waals surface area contributed by atoms with Crippen LogP contribution >= 0.6 is 0 Å². The number of benzene rings is 3. The Morgan fingerprint density at radius 1 is 1.03 bits per heavy atom. The second-order valence-electron chi connectivity index (χ2n) is 7.65. The fourth-order valence-corrected chi connectivity index (χ4v) is 4.81. The molecule has 1 amide bonds. The monoisotopic (exact) mass is 458 g/mol. The Morgan fingerprint density at radius 3 is 2.39 bits per heavy atom. The van der Waals surface area contributed by atoms with Gasteiger partial charge in [-0.05, 0) is 60.5 Å². The number of anilines is 1. The number of carbonyl (C=O) groups is 1. The van der Waals surface area contributed by atoms with Crippen LogP contribution in [-0.4, -0.2) is 31.6 Å². The second-order valence-corrected chi connectivity index (χ2v) is 9.22. The zero-order chi connectivity index (χ0) is 23.4. The molecule has 0 bridgehead atoms. The number of amides is 1. The molecule has 0 aliphatic carbocycles. The van der Waals surface area contributed by atoms with Crippen LogP contribution in [0.15, 0.2) is 82.1 Å². The molecule has 1 N–H and O–H groups in total. The molecule has 0 unspecified atom stereocenters. The van der Waals surface area contributed by atoms with E-state index in [4.69, 9.17) is 5.26 Å². The highest BCUT2D eigenvalue weighted by molar-refractivity contribution is 7.90. The highest BCUT2D eigenvalue weighted by atomic mass is 32.2. The van der Waals surface area contributed by atoms with Gasteiger partial charge in [0.2, 0.25) is 0 Å². The predicted molar refractivity (Wildman–Crippen MR) is 126 cm³/mol. The van der Waals surface area contributed by atoms with Gasteiger partial charge in [0.25, 0.3) is 15.9 Å². The van der Waals surface area contributed by atoms with Crippen molar-refractivity contribution in [1.29, 1.82) is 5.26 Å². The van der Waals surface area contributed by atoms with Gasteiger partial charge >= 0.3 is 0 Å². The molecule has 7 nitrogen and oxygen atoms in total. The van der Waals surface area contributed by atoms with E-state index in [1.807, 2.05) is 19.1 Å². The van der Waals surface area contributed by atoms with E-state index >= 15 is 0 Å². The first-order valence-electron chi connectivity index (χ1n) is 10.5. The van der Waals surface area contributed by atoms with Gasteiger partial charge in [0.1, 0.15) is 4.90 Å². The van der Waals surface area contributed by atoms with Crippen molar-refractivity contribution in [3.63, 3.8) is 0 Å². The lowest BCUT2D eigenvalue weighted by atomic mass is 10.1. The Balaban J connectivity index is 1.49. The third-order valence-corrected chi connectivity index (χ3v) is 6.60. The molecule has 0 radical (unpaired) electrons. The molecule has 8 heteroatoms. The van der Waals surface area contributed by atoms with Gasteiger partial charge in [-0.2, -0.15) is 13.7 Å². The topological polar surface area (TPSA) is 103 Å². The van der Waals surface area contributed by atoms with E-state index in [9.17, 15) is 13.2 Å². The first-order chi connectivity index (χ1) is 15.9. The van der Waals surface area contributed by atoms with Crippen LogP contribution in [-0.2, 0) is 16.6 Å². The van der Waals surface area contributed by atoms with Gasteiger partial charge in [0.05, 0.1) is 11.6 Å². The average molecular weight is 459 g/mol. The van der Waals surface area contributed by atoms with Gasteiger partial charge in [-0.25, -0.2) is 0 Å². The number of rotatable bonds is 6. The van der Waals surface area contributed by atoms with E-state index in [2.05, 4.69) is 15.8 Å². The molecule has 0 saturated carbocycles. The normalized spacial score (nSPS) is 13.5. The third-order valence-electron chi connectivity index (χ3n) is 5.26. The van der Waals surface area contributed by atoms with Gasteiger partial charge in [-0.3, -0.25) is 4.79 Å². The van der Waals surface area contributed by atoms with Crippen molar-refractivity contribution >= 4 is 27.5 Å². The highest BCUT2D eigenvalue weighted by Crippen LogP contribution is 2.26. The molecule has 1 aliphatic rings. The smallest absolute Gasteiger partial charge is 0.285 e. The largest absolute Gasteiger partial charge is 0.339 e. The van der Waals surface area contributed by atoms with Crippen LogP contribution in [0.4, 0.5) is 5.69 Å². The van der Waals surface area contributed by atoms with Crippen LogP contribution in [0.25, 0.3) is 0 Å². The summed E-state index contributed by atoms with van der Waals surface area (Å²) in [5, 5.41) is 12.0. The maximum absolute atomic E-state index is 13.1. The lowest BCUT2D eigenvalue weighted by Gasteiger charge is -2.22. The van der Waals surface area contributed by atoms with Gasteiger partial charge in [-0.1, -0.05) is 31.2 Å². The lowest BCUT2D eigenvalue weighted by molar-refractivity contribution is 0.0743. The summed E-state index contributed by atoms with van der Waals surface area (Å²) in [7, 11) is -3.70. The number of fused-ring (bicyclic) bond motifs is 1. The summed E-state index contributed by atoms with van der Waals surface area (Å²) in [6, 6.07) is 22.8. The molecular formula is C25H22N4O3S. The Hall–Kier alpha value is -3.96. The molecule has 3 aromatic rings. The van der Waals surface area contributed by atoms with E-state index in [0.29, 0.717) is 35.5 Å². The van der Waals surface area contributed by atoms with E-state index in [-0.39, 0.29) is 16.6 Å². The number of amidine groups is 1. The molecule has 4 rings (SSSR count). The number of nitrogens with one attached hydrogen (secondary N) is 1. The summed E-state index contributed by atoms with van der Waals surface area (Å²) in [6.45, 7) is 3.06. The van der Waals surface area contributed by atoms with Crippen LogP contribution < -0.4 is 5.32 Å². The van der Waals surface area contributed by atoms with Crippen molar-refractivity contribution in [1.82, 2.24) is 4.90 Å². The van der Waals surface area contributed by atoms with Crippen LogP contribution in [0.5, 0.6) is 0 Å². The first-order valence-corrected chi connectivity index (χ1v) is 11.9. The molecule has 0 spiro atoms. The van der Waals surface area contributed by atoms with Gasteiger partial charge in [0.15, 0.2) is 5.84 Å². The highest BCUT2D eigenvalue weighted by Gasteiger charge is 2.28. The Labute approximate surface area is 193 Å². The fourth-order valence-electron chi connectivity index (χ4n) is 3.64. The predicted octanol–water partition coefficient (Wildman–Crippen LogP) is 4.17. The number of nitrogens with zero attached hydrogens (tertiary/aromatic N) is 3. The molecule has 166 valence electrons. The minimum Gasteiger partial charge on any atom is -0.339 e. The van der Waals surface area contributed by atoms with Crippen molar-refractivity contribution in [3.8, 4) is 6.07 Å². The number of sulfonamides is 1. The van der Waals surface area contributed by atoms with Gasteiger partial charge in [0, 0.05) is 29.9 Å². The van der Waals surface area contributed by atoms with Crippen LogP contribution in [0.3, 0.4) is 0 Å². The first kappa shape index (κ1) is 22.2. The van der Waals surface area contributed by atoms with Crippen LogP contribution in [0.2, 0.25) is 0 Å². The SMILES string of the molecule is CCCN(Cc1ccc(C#N)cc1)C(=O)c1ccc(NC2=NS(=O)(=O)c3ccccc32)cc1. The summed E-state index contributed by atoms with van der Waals surface area (Å²) >= 11 is 0. The molecule has 0 atom stereocenters. The zero-order valence-corrected chi connectivity index (χ0v) is 18.8. The fraction of sp³-hybridized carbons (Fsp3) is 0.160. The molecule has 1 heterocycles. The van der Waals surface area contributed by atoms with E-state index < -0.39 is 10.0 Å². The summed E-state index contributed by atoms with van der Waals surface area (Å²) in [4.78, 5) is 15.1. The van der Waals surface area contributed by atoms with E-state index in [1.54, 1.807) is 59.5 Å². The third kappa shape index (κ3) is 4.78. The summed E-state index contributed by atoms with van der Waals surface area (Å²) in [6.07, 6.45) is 0.815. The van der Waals surface area contributed by atoms with Crippen molar-refractivity contribution in [3.05, 3.63) is 95.1 Å². The maximum atomic E-state index is 13.1. The number of hydrogen-bond donors (Lipinski definition) is 1. The minimum atomic E-state index is -3.70. The molecule has 3 aromatic carbocycles.